The molecule has 1 atom stereocenters. The first kappa shape index (κ1) is 28.5. The Bertz CT molecular complexity index is 627. The van der Waals surface area contributed by atoms with Crippen LogP contribution in [-0.4, -0.2) is 36.2 Å². The summed E-state index contributed by atoms with van der Waals surface area (Å²) in [5.41, 5.74) is 3.52. The number of phenolic OH excluding ortho intramolecular Hbond substituents is 1. The van der Waals surface area contributed by atoms with Crippen molar-refractivity contribution < 1.29 is 5.11 Å². The second-order valence-corrected chi connectivity index (χ2v) is 10.7. The van der Waals surface area contributed by atoms with Gasteiger partial charge in [-0.25, -0.2) is 0 Å². The molecule has 0 aromatic heterocycles. The van der Waals surface area contributed by atoms with Gasteiger partial charge in [-0.2, -0.15) is 0 Å². The van der Waals surface area contributed by atoms with Crippen LogP contribution in [0.25, 0.3) is 0 Å². The number of nitrogens with zero attached hydrogens (tertiary/aromatic N) is 1. The molecule has 170 valence electrons. The zero-order chi connectivity index (χ0) is 20.4. The molecule has 0 radical (unpaired) electrons. The second-order valence-electron chi connectivity index (χ2n) is 10.7. The normalized spacial score (nSPS) is 16.9. The number of nitrogens with one attached hydrogen (secondary N) is 1. The summed E-state index contributed by atoms with van der Waals surface area (Å²) in [6, 6.07) is 4.81. The fourth-order valence-electron chi connectivity index (χ4n) is 3.94. The number of halogens is 2. The van der Waals surface area contributed by atoms with E-state index < -0.39 is 0 Å². The van der Waals surface area contributed by atoms with Crippen LogP contribution in [-0.2, 0) is 10.8 Å². The number of piperazine rings is 1. The van der Waals surface area contributed by atoms with Gasteiger partial charge < -0.3 is 10.4 Å². The van der Waals surface area contributed by atoms with Crippen molar-refractivity contribution >= 4 is 24.8 Å². The predicted octanol–water partition coefficient (Wildman–Crippen LogP) is 6.21. The highest BCUT2D eigenvalue weighted by molar-refractivity contribution is 5.85. The molecule has 1 fully saturated rings. The smallest absolute Gasteiger partial charge is 0.124 e. The zero-order valence-corrected chi connectivity index (χ0v) is 21.4. The molecule has 1 heterocycles. The van der Waals surface area contributed by atoms with Crippen molar-refractivity contribution in [2.45, 2.75) is 85.1 Å². The van der Waals surface area contributed by atoms with Gasteiger partial charge in [0, 0.05) is 37.8 Å². The van der Waals surface area contributed by atoms with Gasteiger partial charge in [0.25, 0.3) is 0 Å². The Morgan fingerprint density at radius 3 is 1.93 bits per heavy atom. The first-order valence-electron chi connectivity index (χ1n) is 10.7. The lowest BCUT2D eigenvalue weighted by Crippen LogP contribution is -2.45. The molecule has 0 bridgehead atoms. The number of rotatable bonds is 5. The van der Waals surface area contributed by atoms with Crippen molar-refractivity contribution in [1.82, 2.24) is 10.2 Å². The monoisotopic (exact) mass is 446 g/mol. The van der Waals surface area contributed by atoms with Crippen LogP contribution in [0.2, 0.25) is 0 Å². The minimum atomic E-state index is -0.0772. The van der Waals surface area contributed by atoms with Crippen molar-refractivity contribution in [3.63, 3.8) is 0 Å². The van der Waals surface area contributed by atoms with Crippen LogP contribution in [0.5, 0.6) is 5.75 Å². The number of phenols is 1. The Kier molecular flexibility index (Phi) is 11.0. The maximum Gasteiger partial charge on any atom is 0.124 e. The van der Waals surface area contributed by atoms with Gasteiger partial charge in [0.05, 0.1) is 0 Å². The Hall–Kier alpha value is -0.480. The first-order chi connectivity index (χ1) is 12.4. The van der Waals surface area contributed by atoms with Crippen molar-refractivity contribution in [3.8, 4) is 5.75 Å². The number of aromatic hydroxyl groups is 1. The molecule has 1 aliphatic rings. The maximum atomic E-state index is 11.3. The van der Waals surface area contributed by atoms with Gasteiger partial charge in [-0.15, -0.1) is 24.8 Å². The SMILES string of the molecule is CC(C)CC[C@H](c1cc(C(C)(C)C)cc(C(C)(C)C)c1O)N1CCNCC1.Cl.Cl. The summed E-state index contributed by atoms with van der Waals surface area (Å²) in [7, 11) is 0. The van der Waals surface area contributed by atoms with Crippen LogP contribution < -0.4 is 5.32 Å². The Balaban J connectivity index is 0.00000392. The summed E-state index contributed by atoms with van der Waals surface area (Å²) in [4.78, 5) is 2.58. The van der Waals surface area contributed by atoms with Gasteiger partial charge in [0.2, 0.25) is 0 Å². The average molecular weight is 448 g/mol. The molecule has 1 aliphatic heterocycles. The molecular weight excluding hydrogens is 403 g/mol. The average Bonchev–Trinajstić information content (AvgIpc) is 2.55. The van der Waals surface area contributed by atoms with E-state index in [0.717, 1.165) is 43.7 Å². The molecule has 0 spiro atoms. The highest BCUT2D eigenvalue weighted by Crippen LogP contribution is 2.42. The minimum absolute atomic E-state index is 0. The summed E-state index contributed by atoms with van der Waals surface area (Å²) < 4.78 is 0. The lowest BCUT2D eigenvalue weighted by Gasteiger charge is -2.37. The van der Waals surface area contributed by atoms with E-state index in [9.17, 15) is 5.11 Å². The van der Waals surface area contributed by atoms with Crippen LogP contribution in [0.1, 0.15) is 91.0 Å². The fraction of sp³-hybridized carbons (Fsp3) is 0.750. The topological polar surface area (TPSA) is 35.5 Å². The van der Waals surface area contributed by atoms with Gasteiger partial charge in [-0.05, 0) is 46.8 Å². The predicted molar refractivity (Wildman–Crippen MR) is 131 cm³/mol. The summed E-state index contributed by atoms with van der Waals surface area (Å²) in [5, 5.41) is 14.8. The van der Waals surface area contributed by atoms with E-state index in [0.29, 0.717) is 11.7 Å². The summed E-state index contributed by atoms with van der Waals surface area (Å²) in [5.74, 6) is 1.19. The molecule has 1 aromatic carbocycles. The second kappa shape index (κ2) is 11.2. The van der Waals surface area contributed by atoms with Crippen LogP contribution >= 0.6 is 24.8 Å². The fourth-order valence-corrected chi connectivity index (χ4v) is 3.94. The molecule has 0 amide bonds. The van der Waals surface area contributed by atoms with E-state index in [2.05, 4.69) is 77.7 Å². The van der Waals surface area contributed by atoms with Gasteiger partial charge in [-0.1, -0.05) is 61.5 Å². The lowest BCUT2D eigenvalue weighted by atomic mass is 9.77. The summed E-state index contributed by atoms with van der Waals surface area (Å²) in [6.07, 6.45) is 2.28. The quantitative estimate of drug-likeness (QED) is 0.563. The van der Waals surface area contributed by atoms with Crippen LogP contribution in [0.15, 0.2) is 12.1 Å². The van der Waals surface area contributed by atoms with Crippen molar-refractivity contribution in [2.24, 2.45) is 5.92 Å². The molecule has 2 rings (SSSR count). The standard InChI is InChI=1S/C24H42N2O.2ClH/c1-17(2)9-10-21(26-13-11-25-12-14-26)19-15-18(23(3,4)5)16-20(22(19)27)24(6,7)8;;/h15-17,21,25,27H,9-14H2,1-8H3;2*1H/t21-;;/m1../s1. The largest absolute Gasteiger partial charge is 0.507 e. The van der Waals surface area contributed by atoms with E-state index in [4.69, 9.17) is 0 Å². The molecule has 0 aliphatic carbocycles. The molecule has 0 unspecified atom stereocenters. The maximum absolute atomic E-state index is 11.3. The first-order valence-corrected chi connectivity index (χ1v) is 10.7. The van der Waals surface area contributed by atoms with E-state index in [1.165, 1.54) is 12.0 Å². The summed E-state index contributed by atoms with van der Waals surface area (Å²) in [6.45, 7) is 22.1. The van der Waals surface area contributed by atoms with E-state index in [1.807, 2.05) is 0 Å². The summed E-state index contributed by atoms with van der Waals surface area (Å²) >= 11 is 0. The zero-order valence-electron chi connectivity index (χ0n) is 19.8. The van der Waals surface area contributed by atoms with E-state index >= 15 is 0 Å². The Labute approximate surface area is 191 Å². The third-order valence-electron chi connectivity index (χ3n) is 5.78. The van der Waals surface area contributed by atoms with Crippen molar-refractivity contribution in [2.75, 3.05) is 26.2 Å². The highest BCUT2D eigenvalue weighted by atomic mass is 35.5. The molecule has 29 heavy (non-hydrogen) atoms. The third-order valence-corrected chi connectivity index (χ3v) is 5.78. The van der Waals surface area contributed by atoms with E-state index in [1.54, 1.807) is 0 Å². The molecule has 1 aromatic rings. The molecule has 0 saturated carbocycles. The number of benzene rings is 1. The third kappa shape index (κ3) is 7.61. The number of hydrogen-bond acceptors (Lipinski definition) is 3. The Morgan fingerprint density at radius 2 is 1.48 bits per heavy atom. The minimum Gasteiger partial charge on any atom is -0.507 e. The van der Waals surface area contributed by atoms with E-state index in [-0.39, 0.29) is 41.7 Å². The van der Waals surface area contributed by atoms with Gasteiger partial charge in [0.1, 0.15) is 5.75 Å². The Morgan fingerprint density at radius 1 is 0.931 bits per heavy atom. The molecule has 2 N–H and O–H groups in total. The van der Waals surface area contributed by atoms with Gasteiger partial charge >= 0.3 is 0 Å². The van der Waals surface area contributed by atoms with Crippen LogP contribution in [0.4, 0.5) is 0 Å². The lowest BCUT2D eigenvalue weighted by molar-refractivity contribution is 0.157. The highest BCUT2D eigenvalue weighted by Gasteiger charge is 2.30. The molecule has 3 nitrogen and oxygen atoms in total. The number of hydrogen-bond donors (Lipinski definition) is 2. The van der Waals surface area contributed by atoms with Crippen LogP contribution in [0, 0.1) is 5.92 Å². The van der Waals surface area contributed by atoms with Crippen molar-refractivity contribution in [1.29, 1.82) is 0 Å². The molecular formula is C24H44Cl2N2O. The van der Waals surface area contributed by atoms with Crippen molar-refractivity contribution in [3.05, 3.63) is 28.8 Å². The molecule has 5 heteroatoms. The van der Waals surface area contributed by atoms with Gasteiger partial charge in [-0.3, -0.25) is 4.90 Å². The van der Waals surface area contributed by atoms with Crippen LogP contribution in [0.3, 0.4) is 0 Å². The van der Waals surface area contributed by atoms with Gasteiger partial charge in [0.15, 0.2) is 0 Å². The molecule has 1 saturated heterocycles.